The van der Waals surface area contributed by atoms with Crippen LogP contribution in [0.2, 0.25) is 5.02 Å². The van der Waals surface area contributed by atoms with E-state index in [-0.39, 0.29) is 11.1 Å². The summed E-state index contributed by atoms with van der Waals surface area (Å²) in [6, 6.07) is 3.02. The molecule has 1 heterocycles. The Kier molecular flexibility index (Phi) is 2.82. The molecule has 0 saturated heterocycles. The predicted molar refractivity (Wildman–Crippen MR) is 61.4 cm³/mol. The molecule has 1 unspecified atom stereocenters. The maximum absolute atomic E-state index is 12.8. The summed E-state index contributed by atoms with van der Waals surface area (Å²) in [6.07, 6.45) is -4.65. The van der Waals surface area contributed by atoms with Crippen LogP contribution in [0.4, 0.5) is 13.2 Å². The van der Waals surface area contributed by atoms with Crippen molar-refractivity contribution in [2.75, 3.05) is 0 Å². The average Bonchev–Trinajstić information content (AvgIpc) is 2.59. The molecule has 1 aromatic carbocycles. The van der Waals surface area contributed by atoms with E-state index in [1.54, 1.807) is 13.0 Å². The Bertz CT molecular complexity index is 604. The molecule has 98 valence electrons. The fraction of sp³-hybridized carbons (Fsp3) is 0.364. The third-order valence-electron chi connectivity index (χ3n) is 2.67. The molecular formula is C11H10ClF3N2O. The summed E-state index contributed by atoms with van der Waals surface area (Å²) in [4.78, 5) is 3.78. The number of alkyl halides is 3. The van der Waals surface area contributed by atoms with Crippen molar-refractivity contribution in [2.24, 2.45) is 5.73 Å². The van der Waals surface area contributed by atoms with E-state index in [9.17, 15) is 13.2 Å². The van der Waals surface area contributed by atoms with Crippen LogP contribution in [-0.4, -0.2) is 11.2 Å². The van der Waals surface area contributed by atoms with Crippen molar-refractivity contribution in [2.45, 2.75) is 25.6 Å². The molecular weight excluding hydrogens is 269 g/mol. The smallest absolute Gasteiger partial charge is 0.415 e. The number of benzene rings is 1. The molecule has 0 aliphatic carbocycles. The lowest BCUT2D eigenvalue weighted by atomic mass is 10.0. The van der Waals surface area contributed by atoms with Gasteiger partial charge in [-0.15, -0.1) is 0 Å². The van der Waals surface area contributed by atoms with Gasteiger partial charge in [-0.3, -0.25) is 0 Å². The number of nitrogens with zero attached hydrogens (tertiary/aromatic N) is 1. The Morgan fingerprint density at radius 1 is 1.33 bits per heavy atom. The van der Waals surface area contributed by atoms with Gasteiger partial charge in [0.15, 0.2) is 11.1 Å². The highest BCUT2D eigenvalue weighted by Gasteiger charge is 2.53. The molecule has 0 amide bonds. The number of aryl methyl sites for hydroxylation is 1. The first-order valence-electron chi connectivity index (χ1n) is 5.05. The Balaban J connectivity index is 2.65. The molecule has 0 radical (unpaired) electrons. The van der Waals surface area contributed by atoms with Gasteiger partial charge in [0, 0.05) is 5.02 Å². The Morgan fingerprint density at radius 2 is 1.94 bits per heavy atom. The van der Waals surface area contributed by atoms with Gasteiger partial charge >= 0.3 is 6.18 Å². The van der Waals surface area contributed by atoms with Crippen molar-refractivity contribution >= 4 is 22.7 Å². The zero-order chi connectivity index (χ0) is 13.7. The zero-order valence-electron chi connectivity index (χ0n) is 9.60. The first-order valence-corrected chi connectivity index (χ1v) is 5.43. The van der Waals surface area contributed by atoms with Crippen molar-refractivity contribution in [1.29, 1.82) is 0 Å². The largest absolute Gasteiger partial charge is 0.438 e. The number of aromatic nitrogens is 1. The summed E-state index contributed by atoms with van der Waals surface area (Å²) in [5, 5.41) is 0.380. The molecule has 3 nitrogen and oxygen atoms in total. The van der Waals surface area contributed by atoms with Gasteiger partial charge in [0.2, 0.25) is 5.89 Å². The first kappa shape index (κ1) is 13.2. The minimum Gasteiger partial charge on any atom is -0.438 e. The highest BCUT2D eigenvalue weighted by atomic mass is 35.5. The number of hydrogen-bond donors (Lipinski definition) is 1. The molecule has 0 spiro atoms. The number of fused-ring (bicyclic) bond motifs is 1. The molecule has 0 bridgehead atoms. The number of nitrogens with two attached hydrogens (primary N) is 1. The van der Waals surface area contributed by atoms with E-state index in [1.807, 2.05) is 0 Å². The van der Waals surface area contributed by atoms with Gasteiger partial charge < -0.3 is 10.2 Å². The minimum atomic E-state index is -4.65. The molecule has 18 heavy (non-hydrogen) atoms. The van der Waals surface area contributed by atoms with Gasteiger partial charge in [0.1, 0.15) is 5.52 Å². The molecule has 2 rings (SSSR count). The van der Waals surface area contributed by atoms with Crippen LogP contribution < -0.4 is 5.73 Å². The Morgan fingerprint density at radius 3 is 2.50 bits per heavy atom. The second-order valence-corrected chi connectivity index (χ2v) is 4.73. The van der Waals surface area contributed by atoms with Crippen LogP contribution in [0, 0.1) is 6.92 Å². The third kappa shape index (κ3) is 1.95. The maximum Gasteiger partial charge on any atom is 0.415 e. The lowest BCUT2D eigenvalue weighted by Gasteiger charge is -2.23. The van der Waals surface area contributed by atoms with E-state index in [1.165, 1.54) is 6.07 Å². The van der Waals surface area contributed by atoms with Gasteiger partial charge in [-0.1, -0.05) is 11.6 Å². The summed E-state index contributed by atoms with van der Waals surface area (Å²) >= 11 is 5.80. The second-order valence-electron chi connectivity index (χ2n) is 4.29. The van der Waals surface area contributed by atoms with E-state index >= 15 is 0 Å². The maximum atomic E-state index is 12.8. The Hall–Kier alpha value is -1.27. The lowest BCUT2D eigenvalue weighted by Crippen LogP contribution is -2.47. The summed E-state index contributed by atoms with van der Waals surface area (Å²) in [6.45, 7) is 2.49. The van der Waals surface area contributed by atoms with E-state index in [0.29, 0.717) is 10.6 Å². The second kappa shape index (κ2) is 3.86. The van der Waals surface area contributed by atoms with Crippen molar-refractivity contribution in [3.8, 4) is 0 Å². The molecule has 1 aromatic heterocycles. The standard InChI is InChI=1S/C11H10ClF3N2O/c1-5-3-6(12)4-7-8(5)18-9(17-7)10(2,16)11(13,14)15/h3-4H,16H2,1-2H3. The SMILES string of the molecule is Cc1cc(Cl)cc2nc(C(C)(N)C(F)(F)F)oc12. The van der Waals surface area contributed by atoms with Crippen LogP contribution in [0.5, 0.6) is 0 Å². The molecule has 0 fully saturated rings. The molecule has 2 aromatic rings. The van der Waals surface area contributed by atoms with Gasteiger partial charge in [0.05, 0.1) is 0 Å². The van der Waals surface area contributed by atoms with E-state index in [4.69, 9.17) is 21.8 Å². The van der Waals surface area contributed by atoms with Gasteiger partial charge in [-0.2, -0.15) is 13.2 Å². The molecule has 1 atom stereocenters. The van der Waals surface area contributed by atoms with Crippen molar-refractivity contribution in [1.82, 2.24) is 4.98 Å². The normalized spacial score (nSPS) is 15.9. The van der Waals surface area contributed by atoms with E-state index in [0.717, 1.165) is 6.92 Å². The first-order chi connectivity index (χ1) is 8.13. The van der Waals surface area contributed by atoms with Crippen molar-refractivity contribution in [3.05, 3.63) is 28.6 Å². The summed E-state index contributed by atoms with van der Waals surface area (Å²) in [5.41, 5.74) is 3.74. The molecule has 0 saturated carbocycles. The van der Waals surface area contributed by atoms with E-state index < -0.39 is 17.6 Å². The zero-order valence-corrected chi connectivity index (χ0v) is 10.4. The van der Waals surface area contributed by atoms with Gasteiger partial charge in [0.25, 0.3) is 0 Å². The third-order valence-corrected chi connectivity index (χ3v) is 2.89. The van der Waals surface area contributed by atoms with Crippen LogP contribution in [-0.2, 0) is 5.54 Å². The fourth-order valence-electron chi connectivity index (χ4n) is 1.50. The lowest BCUT2D eigenvalue weighted by molar-refractivity contribution is -0.189. The molecule has 7 heteroatoms. The quantitative estimate of drug-likeness (QED) is 0.868. The van der Waals surface area contributed by atoms with Crippen molar-refractivity contribution < 1.29 is 17.6 Å². The van der Waals surface area contributed by atoms with Gasteiger partial charge in [-0.25, -0.2) is 4.98 Å². The highest BCUT2D eigenvalue weighted by Crippen LogP contribution is 2.37. The number of rotatable bonds is 1. The highest BCUT2D eigenvalue weighted by molar-refractivity contribution is 6.31. The van der Waals surface area contributed by atoms with Crippen LogP contribution in [0.15, 0.2) is 16.5 Å². The molecule has 2 N–H and O–H groups in total. The summed E-state index contributed by atoms with van der Waals surface area (Å²) in [7, 11) is 0. The minimum absolute atomic E-state index is 0.260. The number of hydrogen-bond acceptors (Lipinski definition) is 3. The van der Waals surface area contributed by atoms with Crippen LogP contribution in [0.25, 0.3) is 11.1 Å². The molecule has 0 aliphatic heterocycles. The van der Waals surface area contributed by atoms with Gasteiger partial charge in [-0.05, 0) is 31.5 Å². The number of oxazole rings is 1. The van der Waals surface area contributed by atoms with E-state index in [2.05, 4.69) is 4.98 Å². The molecule has 0 aliphatic rings. The average molecular weight is 279 g/mol. The van der Waals surface area contributed by atoms with Crippen LogP contribution >= 0.6 is 11.6 Å². The Labute approximate surface area is 106 Å². The monoisotopic (exact) mass is 278 g/mol. The van der Waals surface area contributed by atoms with Crippen LogP contribution in [0.3, 0.4) is 0 Å². The van der Waals surface area contributed by atoms with Crippen LogP contribution in [0.1, 0.15) is 18.4 Å². The summed E-state index contributed by atoms with van der Waals surface area (Å²) < 4.78 is 43.5. The fourth-order valence-corrected chi connectivity index (χ4v) is 1.77. The van der Waals surface area contributed by atoms with Crippen molar-refractivity contribution in [3.63, 3.8) is 0 Å². The number of halogens is 4. The topological polar surface area (TPSA) is 52.0 Å². The predicted octanol–water partition coefficient (Wildman–Crippen LogP) is 3.53. The summed E-state index contributed by atoms with van der Waals surface area (Å²) in [5.74, 6) is -0.574.